The molecule has 4 rings (SSSR count). The van der Waals surface area contributed by atoms with Gasteiger partial charge in [0.2, 0.25) is 0 Å². The summed E-state index contributed by atoms with van der Waals surface area (Å²) >= 11 is 1.38. The van der Waals surface area contributed by atoms with Gasteiger partial charge in [0.05, 0.1) is 40.1 Å². The predicted octanol–water partition coefficient (Wildman–Crippen LogP) is 1.84. The van der Waals surface area contributed by atoms with Crippen LogP contribution >= 0.6 is 11.3 Å². The predicted molar refractivity (Wildman–Crippen MR) is 95.7 cm³/mol. The molecule has 1 spiro atoms. The molecule has 1 aromatic heterocycles. The number of nitrogens with two attached hydrogens (primary N) is 1. The van der Waals surface area contributed by atoms with Gasteiger partial charge in [-0.15, -0.1) is 0 Å². The maximum Gasteiger partial charge on any atom is 0.281 e. The fourth-order valence-electron chi connectivity index (χ4n) is 3.39. The van der Waals surface area contributed by atoms with Crippen molar-refractivity contribution in [2.75, 3.05) is 30.3 Å². The minimum absolute atomic E-state index is 0.121. The fraction of sp³-hybridized carbons (Fsp3) is 0.471. The molecule has 130 valence electrons. The van der Waals surface area contributed by atoms with Gasteiger partial charge in [-0.2, -0.15) is 10.2 Å². The molecule has 25 heavy (non-hydrogen) atoms. The lowest BCUT2D eigenvalue weighted by Crippen LogP contribution is -2.45. The SMILES string of the molecule is CC1COC2(CCN(c3nc(=O)c4cc(C#N)cc(N)c4s3)CC2)O1. The molecule has 0 saturated carbocycles. The molecule has 0 bridgehead atoms. The lowest BCUT2D eigenvalue weighted by atomic mass is 10.0. The molecule has 2 fully saturated rings. The number of fused-ring (bicyclic) bond motifs is 1. The summed E-state index contributed by atoms with van der Waals surface area (Å²) in [5.74, 6) is -0.488. The van der Waals surface area contributed by atoms with Crippen LogP contribution in [0.4, 0.5) is 10.8 Å². The normalized spacial score (nSPS) is 22.4. The lowest BCUT2D eigenvalue weighted by molar-refractivity contribution is -0.178. The van der Waals surface area contributed by atoms with Crippen molar-refractivity contribution in [1.29, 1.82) is 5.26 Å². The summed E-state index contributed by atoms with van der Waals surface area (Å²) in [7, 11) is 0. The summed E-state index contributed by atoms with van der Waals surface area (Å²) in [5.41, 5.74) is 6.50. The Labute approximate surface area is 148 Å². The molecular weight excluding hydrogens is 340 g/mol. The van der Waals surface area contributed by atoms with Gasteiger partial charge in [0.25, 0.3) is 5.56 Å². The Balaban J connectivity index is 1.64. The third-order valence-corrected chi connectivity index (χ3v) is 5.85. The highest BCUT2D eigenvalue weighted by molar-refractivity contribution is 7.22. The molecule has 0 amide bonds. The Morgan fingerprint density at radius 1 is 1.44 bits per heavy atom. The van der Waals surface area contributed by atoms with E-state index in [4.69, 9.17) is 20.5 Å². The van der Waals surface area contributed by atoms with E-state index < -0.39 is 5.79 Å². The van der Waals surface area contributed by atoms with Crippen LogP contribution in [0.2, 0.25) is 0 Å². The van der Waals surface area contributed by atoms with Gasteiger partial charge >= 0.3 is 0 Å². The first-order valence-electron chi connectivity index (χ1n) is 8.21. The highest BCUT2D eigenvalue weighted by Crippen LogP contribution is 2.37. The standard InChI is InChI=1S/C17H18N4O3S/c1-10-9-23-17(24-10)2-4-21(5-3-17)16-20-15(22)12-6-11(8-18)7-13(19)14(12)25-16/h6-7,10H,2-5,9,19H2,1H3. The summed E-state index contributed by atoms with van der Waals surface area (Å²) in [6, 6.07) is 5.16. The average Bonchev–Trinajstić information content (AvgIpc) is 2.96. The molecule has 2 aliphatic rings. The number of aromatic nitrogens is 1. The molecule has 8 heteroatoms. The summed E-state index contributed by atoms with van der Waals surface area (Å²) in [6.45, 7) is 4.05. The number of hydrogen-bond donors (Lipinski definition) is 1. The number of piperidine rings is 1. The smallest absolute Gasteiger partial charge is 0.281 e. The zero-order valence-electron chi connectivity index (χ0n) is 13.8. The Morgan fingerprint density at radius 3 is 2.84 bits per heavy atom. The summed E-state index contributed by atoms with van der Waals surface area (Å²) in [4.78, 5) is 18.7. The van der Waals surface area contributed by atoms with Crippen LogP contribution < -0.4 is 16.2 Å². The van der Waals surface area contributed by atoms with Gasteiger partial charge in [-0.05, 0) is 19.1 Å². The van der Waals surface area contributed by atoms with Crippen molar-refractivity contribution in [3.8, 4) is 6.07 Å². The van der Waals surface area contributed by atoms with E-state index in [1.165, 1.54) is 11.3 Å². The van der Waals surface area contributed by atoms with Gasteiger partial charge in [0, 0.05) is 25.9 Å². The van der Waals surface area contributed by atoms with Crippen LogP contribution in [-0.2, 0) is 9.47 Å². The van der Waals surface area contributed by atoms with E-state index >= 15 is 0 Å². The largest absolute Gasteiger partial charge is 0.398 e. The molecule has 2 aromatic rings. The third kappa shape index (κ3) is 2.84. The second-order valence-corrected chi connectivity index (χ2v) is 7.47. The first-order chi connectivity index (χ1) is 12.0. The highest BCUT2D eigenvalue weighted by Gasteiger charge is 2.42. The number of ether oxygens (including phenoxy) is 2. The zero-order valence-corrected chi connectivity index (χ0v) is 14.6. The van der Waals surface area contributed by atoms with Crippen LogP contribution in [0, 0.1) is 11.3 Å². The highest BCUT2D eigenvalue weighted by atomic mass is 32.1. The van der Waals surface area contributed by atoms with Crippen molar-refractivity contribution in [2.45, 2.75) is 31.7 Å². The third-order valence-electron chi connectivity index (χ3n) is 4.66. The first-order valence-corrected chi connectivity index (χ1v) is 9.02. The van der Waals surface area contributed by atoms with Crippen LogP contribution in [0.3, 0.4) is 0 Å². The molecule has 0 aliphatic carbocycles. The van der Waals surface area contributed by atoms with Crippen molar-refractivity contribution in [2.24, 2.45) is 0 Å². The quantitative estimate of drug-likeness (QED) is 0.776. The van der Waals surface area contributed by atoms with E-state index in [9.17, 15) is 4.79 Å². The maximum absolute atomic E-state index is 12.4. The van der Waals surface area contributed by atoms with Crippen LogP contribution in [0.1, 0.15) is 25.3 Å². The zero-order chi connectivity index (χ0) is 17.6. The number of hydrogen-bond acceptors (Lipinski definition) is 8. The molecule has 0 radical (unpaired) electrons. The average molecular weight is 358 g/mol. The Bertz CT molecular complexity index is 928. The summed E-state index contributed by atoms with van der Waals surface area (Å²) in [5, 5.41) is 10.1. The van der Waals surface area contributed by atoms with Crippen molar-refractivity contribution in [1.82, 2.24) is 4.98 Å². The minimum atomic E-state index is -0.488. The van der Waals surface area contributed by atoms with Crippen LogP contribution in [-0.4, -0.2) is 36.6 Å². The van der Waals surface area contributed by atoms with Crippen LogP contribution in [0.5, 0.6) is 0 Å². The Kier molecular flexibility index (Phi) is 3.87. The van der Waals surface area contributed by atoms with E-state index in [2.05, 4.69) is 9.88 Å². The summed E-state index contributed by atoms with van der Waals surface area (Å²) in [6.07, 6.45) is 1.59. The number of nitriles is 1. The van der Waals surface area contributed by atoms with E-state index in [1.54, 1.807) is 12.1 Å². The van der Waals surface area contributed by atoms with Crippen molar-refractivity contribution >= 4 is 32.2 Å². The minimum Gasteiger partial charge on any atom is -0.398 e. The number of nitrogens with zero attached hydrogens (tertiary/aromatic N) is 3. The van der Waals surface area contributed by atoms with Gasteiger partial charge in [0.1, 0.15) is 0 Å². The molecule has 2 N–H and O–H groups in total. The van der Waals surface area contributed by atoms with Gasteiger partial charge in [0.15, 0.2) is 10.9 Å². The van der Waals surface area contributed by atoms with Gasteiger partial charge < -0.3 is 20.1 Å². The Morgan fingerprint density at radius 2 is 2.20 bits per heavy atom. The molecule has 7 nitrogen and oxygen atoms in total. The van der Waals surface area contributed by atoms with Crippen molar-refractivity contribution in [3.05, 3.63) is 28.0 Å². The molecule has 2 saturated heterocycles. The second-order valence-electron chi connectivity index (χ2n) is 6.49. The van der Waals surface area contributed by atoms with Gasteiger partial charge in [-0.3, -0.25) is 4.79 Å². The van der Waals surface area contributed by atoms with E-state index in [1.807, 2.05) is 13.0 Å². The van der Waals surface area contributed by atoms with E-state index in [0.29, 0.717) is 46.2 Å². The molecule has 1 unspecified atom stereocenters. The van der Waals surface area contributed by atoms with Gasteiger partial charge in [-0.25, -0.2) is 0 Å². The van der Waals surface area contributed by atoms with E-state index in [-0.39, 0.29) is 11.7 Å². The number of rotatable bonds is 1. The Hall–Kier alpha value is -2.21. The second kappa shape index (κ2) is 5.95. The van der Waals surface area contributed by atoms with Crippen molar-refractivity contribution < 1.29 is 9.47 Å². The number of nitrogen functional groups attached to an aromatic ring is 1. The maximum atomic E-state index is 12.4. The topological polar surface area (TPSA) is 101 Å². The van der Waals surface area contributed by atoms with Crippen LogP contribution in [0.15, 0.2) is 16.9 Å². The van der Waals surface area contributed by atoms with Crippen LogP contribution in [0.25, 0.3) is 10.1 Å². The van der Waals surface area contributed by atoms with Gasteiger partial charge in [-0.1, -0.05) is 11.3 Å². The lowest BCUT2D eigenvalue weighted by Gasteiger charge is -2.38. The monoisotopic (exact) mass is 358 g/mol. The molecule has 3 heterocycles. The molecular formula is C17H18N4O3S. The summed E-state index contributed by atoms with van der Waals surface area (Å²) < 4.78 is 12.4. The molecule has 1 atom stereocenters. The fourth-order valence-corrected chi connectivity index (χ4v) is 4.45. The molecule has 1 aromatic carbocycles. The first kappa shape index (κ1) is 16.3. The number of anilines is 2. The molecule has 2 aliphatic heterocycles. The number of benzene rings is 1. The van der Waals surface area contributed by atoms with E-state index in [0.717, 1.165) is 12.8 Å². The van der Waals surface area contributed by atoms with Crippen molar-refractivity contribution in [3.63, 3.8) is 0 Å².